The second kappa shape index (κ2) is 11.7. The van der Waals surface area contributed by atoms with E-state index in [9.17, 15) is 17.6 Å². The fourth-order valence-electron chi connectivity index (χ4n) is 4.60. The van der Waals surface area contributed by atoms with Crippen LogP contribution in [0.4, 0.5) is 29.3 Å². The Balaban J connectivity index is 0.000000448. The molecule has 0 radical (unpaired) electrons. The van der Waals surface area contributed by atoms with Crippen LogP contribution in [-0.2, 0) is 33.8 Å². The number of aliphatic carboxylic acids is 1. The molecule has 5 rings (SSSR count). The maximum atomic E-state index is 14.2. The monoisotopic (exact) mass is 554 g/mol. The number of rotatable bonds is 6. The summed E-state index contributed by atoms with van der Waals surface area (Å²) in [6, 6.07) is 5.27. The van der Waals surface area contributed by atoms with Gasteiger partial charge >= 0.3 is 12.1 Å². The van der Waals surface area contributed by atoms with Gasteiger partial charge in [-0.05, 0) is 30.5 Å². The Hall–Kier alpha value is -3.52. The third-order valence-corrected chi connectivity index (χ3v) is 6.94. The summed E-state index contributed by atoms with van der Waals surface area (Å²) in [5.74, 6) is -1.56. The fourth-order valence-corrected chi connectivity index (χ4v) is 4.60. The van der Waals surface area contributed by atoms with Gasteiger partial charge in [-0.25, -0.2) is 14.2 Å². The van der Waals surface area contributed by atoms with Crippen molar-refractivity contribution < 1.29 is 36.9 Å². The zero-order chi connectivity index (χ0) is 28.2. The van der Waals surface area contributed by atoms with E-state index in [0.29, 0.717) is 51.0 Å². The molecule has 0 saturated carbocycles. The van der Waals surface area contributed by atoms with Gasteiger partial charge < -0.3 is 29.4 Å². The van der Waals surface area contributed by atoms with Gasteiger partial charge in [0.25, 0.3) is 0 Å². The standard InChI is InChI=1S/C23H29FN6O2.C2HF3O2/c1-3-29-15-26-19-20(25-14-23(31-2)8-11-32-12-9-23)27-22(28-21(19)29)30-10-7-17-16(13-30)5-4-6-18(17)24;3-2(4,5)1(6)7/h4-6,15H,3,7-14H2,1-2H3,(H,25,27,28);(H,6,7). The van der Waals surface area contributed by atoms with Crippen LogP contribution in [-0.4, -0.2) is 75.8 Å². The van der Waals surface area contributed by atoms with E-state index in [0.717, 1.165) is 41.7 Å². The molecule has 0 unspecified atom stereocenters. The zero-order valence-corrected chi connectivity index (χ0v) is 21.6. The molecular weight excluding hydrogens is 524 g/mol. The Labute approximate surface area is 222 Å². The first-order valence-corrected chi connectivity index (χ1v) is 12.5. The topological polar surface area (TPSA) is 115 Å². The summed E-state index contributed by atoms with van der Waals surface area (Å²) in [6.07, 6.45) is -0.993. The highest BCUT2D eigenvalue weighted by Crippen LogP contribution is 2.30. The molecule has 2 aromatic heterocycles. The summed E-state index contributed by atoms with van der Waals surface area (Å²) < 4.78 is 59.3. The second-order valence-electron chi connectivity index (χ2n) is 9.28. The molecule has 2 aliphatic rings. The second-order valence-corrected chi connectivity index (χ2v) is 9.28. The number of aromatic nitrogens is 4. The van der Waals surface area contributed by atoms with Crippen molar-refractivity contribution in [2.45, 2.75) is 51.1 Å². The molecule has 2 N–H and O–H groups in total. The van der Waals surface area contributed by atoms with E-state index >= 15 is 0 Å². The van der Waals surface area contributed by atoms with Crippen LogP contribution in [0.2, 0.25) is 0 Å². The number of hydrogen-bond donors (Lipinski definition) is 2. The fraction of sp³-hybridized carbons (Fsp3) is 0.520. The van der Waals surface area contributed by atoms with E-state index in [-0.39, 0.29) is 11.4 Å². The first-order valence-electron chi connectivity index (χ1n) is 12.5. The summed E-state index contributed by atoms with van der Waals surface area (Å²) in [4.78, 5) is 25.3. The van der Waals surface area contributed by atoms with Gasteiger partial charge in [-0.15, -0.1) is 0 Å². The van der Waals surface area contributed by atoms with Crippen molar-refractivity contribution in [3.8, 4) is 0 Å². The number of carboxylic acid groups (broad SMARTS) is 1. The summed E-state index contributed by atoms with van der Waals surface area (Å²) in [5.41, 5.74) is 3.04. The van der Waals surface area contributed by atoms with Crippen LogP contribution in [0.15, 0.2) is 24.5 Å². The minimum Gasteiger partial charge on any atom is -0.475 e. The number of nitrogens with zero attached hydrogens (tertiary/aromatic N) is 5. The highest BCUT2D eigenvalue weighted by molar-refractivity contribution is 5.84. The highest BCUT2D eigenvalue weighted by Gasteiger charge is 2.38. The van der Waals surface area contributed by atoms with Gasteiger partial charge in [0.05, 0.1) is 11.9 Å². The number of alkyl halides is 3. The smallest absolute Gasteiger partial charge is 0.475 e. The van der Waals surface area contributed by atoms with Gasteiger partial charge in [0.15, 0.2) is 17.0 Å². The van der Waals surface area contributed by atoms with Crippen LogP contribution in [0.5, 0.6) is 0 Å². The molecule has 3 aromatic rings. The van der Waals surface area contributed by atoms with E-state index in [1.165, 1.54) is 6.07 Å². The van der Waals surface area contributed by atoms with Crippen LogP contribution in [0.3, 0.4) is 0 Å². The van der Waals surface area contributed by atoms with Gasteiger partial charge in [-0.3, -0.25) is 0 Å². The molecule has 1 aromatic carbocycles. The summed E-state index contributed by atoms with van der Waals surface area (Å²) in [5, 5.41) is 10.6. The van der Waals surface area contributed by atoms with E-state index < -0.39 is 12.1 Å². The van der Waals surface area contributed by atoms with Crippen molar-refractivity contribution in [1.82, 2.24) is 19.5 Å². The minimum atomic E-state index is -5.08. The normalized spacial score (nSPS) is 16.8. The maximum absolute atomic E-state index is 14.2. The lowest BCUT2D eigenvalue weighted by Crippen LogP contribution is -2.44. The first-order chi connectivity index (χ1) is 18.6. The third kappa shape index (κ3) is 6.38. The largest absolute Gasteiger partial charge is 0.490 e. The van der Waals surface area contributed by atoms with E-state index in [1.807, 2.05) is 10.6 Å². The Morgan fingerprint density at radius 1 is 1.26 bits per heavy atom. The van der Waals surface area contributed by atoms with Crippen LogP contribution >= 0.6 is 0 Å². The van der Waals surface area contributed by atoms with E-state index in [1.54, 1.807) is 19.5 Å². The lowest BCUT2D eigenvalue weighted by atomic mass is 9.94. The Kier molecular flexibility index (Phi) is 8.54. The number of anilines is 2. The van der Waals surface area contributed by atoms with E-state index in [2.05, 4.69) is 22.1 Å². The van der Waals surface area contributed by atoms with Gasteiger partial charge in [-0.2, -0.15) is 23.1 Å². The number of benzene rings is 1. The number of carboxylic acids is 1. The SMILES string of the molecule is CCn1cnc2c(NCC3(OC)CCOCC3)nc(N3CCc4c(F)cccc4C3)nc21.O=C(O)C(F)(F)F. The third-order valence-electron chi connectivity index (χ3n) is 6.94. The van der Waals surface area contributed by atoms with Crippen molar-refractivity contribution in [1.29, 1.82) is 0 Å². The predicted octanol–water partition coefficient (Wildman–Crippen LogP) is 3.79. The molecule has 39 heavy (non-hydrogen) atoms. The van der Waals surface area contributed by atoms with Gasteiger partial charge in [0, 0.05) is 59.3 Å². The summed E-state index contributed by atoms with van der Waals surface area (Å²) >= 11 is 0. The average molecular weight is 555 g/mol. The number of halogens is 4. The number of carbonyl (C=O) groups is 1. The molecule has 0 atom stereocenters. The van der Waals surface area contributed by atoms with Crippen LogP contribution in [0.1, 0.15) is 30.9 Å². The van der Waals surface area contributed by atoms with E-state index in [4.69, 9.17) is 29.3 Å². The first kappa shape index (κ1) is 28.5. The zero-order valence-electron chi connectivity index (χ0n) is 21.6. The molecule has 0 aliphatic carbocycles. The van der Waals surface area contributed by atoms with Crippen molar-refractivity contribution >= 4 is 28.9 Å². The highest BCUT2D eigenvalue weighted by atomic mass is 19.4. The molecule has 4 heterocycles. The molecule has 10 nitrogen and oxygen atoms in total. The van der Waals surface area contributed by atoms with Gasteiger partial charge in [0.1, 0.15) is 5.82 Å². The quantitative estimate of drug-likeness (QED) is 0.439. The molecule has 0 spiro atoms. The van der Waals surface area contributed by atoms with Crippen molar-refractivity contribution in [3.63, 3.8) is 0 Å². The number of imidazole rings is 1. The number of fused-ring (bicyclic) bond motifs is 2. The molecule has 0 amide bonds. The lowest BCUT2D eigenvalue weighted by molar-refractivity contribution is -0.192. The molecule has 2 aliphatic heterocycles. The van der Waals surface area contributed by atoms with Crippen LogP contribution in [0, 0.1) is 5.82 Å². The number of ether oxygens (including phenoxy) is 2. The number of methoxy groups -OCH3 is 1. The molecular formula is C25H30F4N6O4. The summed E-state index contributed by atoms with van der Waals surface area (Å²) in [7, 11) is 1.75. The Morgan fingerprint density at radius 3 is 2.62 bits per heavy atom. The molecule has 212 valence electrons. The molecule has 1 saturated heterocycles. The van der Waals surface area contributed by atoms with Gasteiger partial charge in [-0.1, -0.05) is 12.1 Å². The van der Waals surface area contributed by atoms with Crippen LogP contribution < -0.4 is 10.2 Å². The number of aryl methyl sites for hydroxylation is 1. The molecule has 1 fully saturated rings. The Morgan fingerprint density at radius 2 is 1.97 bits per heavy atom. The minimum absolute atomic E-state index is 0.133. The Bertz CT molecular complexity index is 1310. The lowest BCUT2D eigenvalue weighted by Gasteiger charge is -2.36. The van der Waals surface area contributed by atoms with Crippen molar-refractivity contribution in [2.75, 3.05) is 43.6 Å². The molecule has 14 heteroatoms. The number of nitrogens with one attached hydrogen (secondary N) is 1. The maximum Gasteiger partial charge on any atom is 0.490 e. The average Bonchev–Trinajstić information content (AvgIpc) is 3.35. The summed E-state index contributed by atoms with van der Waals surface area (Å²) in [6.45, 7) is 6.07. The van der Waals surface area contributed by atoms with Crippen molar-refractivity contribution in [3.05, 3.63) is 41.5 Å². The van der Waals surface area contributed by atoms with Crippen LogP contribution in [0.25, 0.3) is 11.2 Å². The van der Waals surface area contributed by atoms with Gasteiger partial charge in [0.2, 0.25) is 5.95 Å². The number of hydrogen-bond acceptors (Lipinski definition) is 8. The predicted molar refractivity (Wildman–Crippen MR) is 134 cm³/mol. The molecule has 0 bridgehead atoms. The van der Waals surface area contributed by atoms with Crippen molar-refractivity contribution in [2.24, 2.45) is 0 Å².